The summed E-state index contributed by atoms with van der Waals surface area (Å²) >= 11 is 3.49. The minimum absolute atomic E-state index is 0.757. The highest BCUT2D eigenvalue weighted by atomic mass is 79.9. The molecule has 0 aliphatic rings. The van der Waals surface area contributed by atoms with Gasteiger partial charge in [-0.15, -0.1) is 0 Å². The lowest BCUT2D eigenvalue weighted by molar-refractivity contribution is 0.414. The quantitative estimate of drug-likeness (QED) is 0.826. The first-order valence-corrected chi connectivity index (χ1v) is 6.90. The van der Waals surface area contributed by atoms with Gasteiger partial charge in [0.1, 0.15) is 5.75 Å². The Morgan fingerprint density at radius 1 is 1.16 bits per heavy atom. The molecule has 3 nitrogen and oxygen atoms in total. The minimum Gasteiger partial charge on any atom is -0.497 e. The van der Waals surface area contributed by atoms with Gasteiger partial charge in [0.15, 0.2) is 0 Å². The van der Waals surface area contributed by atoms with Crippen molar-refractivity contribution in [2.45, 2.75) is 6.42 Å². The molecule has 0 spiro atoms. The molecule has 0 aliphatic carbocycles. The third-order valence-electron chi connectivity index (χ3n) is 2.88. The first kappa shape index (κ1) is 13.7. The van der Waals surface area contributed by atoms with Crippen LogP contribution in [0, 0.1) is 0 Å². The van der Waals surface area contributed by atoms with E-state index < -0.39 is 0 Å². The zero-order valence-corrected chi connectivity index (χ0v) is 12.4. The predicted octanol–water partition coefficient (Wildman–Crippen LogP) is 3.69. The fourth-order valence-electron chi connectivity index (χ4n) is 1.81. The number of anilines is 2. The van der Waals surface area contributed by atoms with Crippen LogP contribution in [0.15, 0.2) is 46.9 Å². The normalized spacial score (nSPS) is 10.2. The number of ether oxygens (including phenoxy) is 1. The van der Waals surface area contributed by atoms with Crippen molar-refractivity contribution in [1.82, 2.24) is 0 Å². The van der Waals surface area contributed by atoms with E-state index in [-0.39, 0.29) is 0 Å². The van der Waals surface area contributed by atoms with E-state index in [9.17, 15) is 0 Å². The Hall–Kier alpha value is -1.68. The van der Waals surface area contributed by atoms with Crippen molar-refractivity contribution in [1.29, 1.82) is 0 Å². The minimum atomic E-state index is 0.757. The van der Waals surface area contributed by atoms with Gasteiger partial charge in [0, 0.05) is 22.4 Å². The maximum Gasteiger partial charge on any atom is 0.118 e. The van der Waals surface area contributed by atoms with Crippen LogP contribution in [0.4, 0.5) is 11.4 Å². The number of nitrogens with one attached hydrogen (secondary N) is 1. The summed E-state index contributed by atoms with van der Waals surface area (Å²) in [5.41, 5.74) is 8.80. The van der Waals surface area contributed by atoms with Crippen LogP contribution in [0.1, 0.15) is 5.56 Å². The van der Waals surface area contributed by atoms with E-state index in [0.717, 1.165) is 34.6 Å². The zero-order valence-electron chi connectivity index (χ0n) is 10.8. The molecule has 0 radical (unpaired) electrons. The van der Waals surface area contributed by atoms with E-state index in [1.807, 2.05) is 30.3 Å². The summed E-state index contributed by atoms with van der Waals surface area (Å²) in [6.45, 7) is 0.870. The molecule has 0 saturated heterocycles. The second-order valence-electron chi connectivity index (χ2n) is 4.26. The Morgan fingerprint density at radius 3 is 2.53 bits per heavy atom. The summed E-state index contributed by atoms with van der Waals surface area (Å²) in [5.74, 6) is 0.887. The van der Waals surface area contributed by atoms with E-state index in [1.54, 1.807) is 7.11 Å². The molecule has 0 saturated carbocycles. The molecule has 2 aromatic rings. The fourth-order valence-corrected chi connectivity index (χ4v) is 2.35. The highest BCUT2D eigenvalue weighted by Gasteiger charge is 2.00. The molecular weight excluding hydrogens is 304 g/mol. The third-order valence-corrected chi connectivity index (χ3v) is 3.54. The summed E-state index contributed by atoms with van der Waals surface area (Å²) in [6.07, 6.45) is 0.959. The van der Waals surface area contributed by atoms with E-state index in [2.05, 4.69) is 33.4 Å². The van der Waals surface area contributed by atoms with Crippen LogP contribution in [0.25, 0.3) is 0 Å². The van der Waals surface area contributed by atoms with Crippen LogP contribution in [0.2, 0.25) is 0 Å². The van der Waals surface area contributed by atoms with Crippen LogP contribution < -0.4 is 15.8 Å². The maximum atomic E-state index is 5.70. The first-order chi connectivity index (χ1) is 9.19. The number of hydrogen-bond donors (Lipinski definition) is 2. The van der Waals surface area contributed by atoms with Gasteiger partial charge in [-0.1, -0.05) is 12.1 Å². The van der Waals surface area contributed by atoms with Crippen molar-refractivity contribution in [2.75, 3.05) is 24.7 Å². The van der Waals surface area contributed by atoms with Crippen molar-refractivity contribution in [2.24, 2.45) is 0 Å². The van der Waals surface area contributed by atoms with Gasteiger partial charge < -0.3 is 15.8 Å². The molecule has 0 bridgehead atoms. The number of methoxy groups -OCH3 is 1. The number of benzene rings is 2. The molecule has 0 fully saturated rings. The van der Waals surface area contributed by atoms with Gasteiger partial charge in [0.2, 0.25) is 0 Å². The number of rotatable bonds is 5. The highest BCUT2D eigenvalue weighted by molar-refractivity contribution is 9.10. The average molecular weight is 321 g/mol. The predicted molar refractivity (Wildman–Crippen MR) is 83.7 cm³/mol. The Kier molecular flexibility index (Phi) is 4.68. The molecule has 4 heteroatoms. The SMILES string of the molecule is COc1ccc(CCNc2ccc(N)cc2Br)cc1. The second kappa shape index (κ2) is 6.48. The summed E-state index contributed by atoms with van der Waals surface area (Å²) in [4.78, 5) is 0. The van der Waals surface area contributed by atoms with Crippen molar-refractivity contribution in [3.63, 3.8) is 0 Å². The molecule has 0 heterocycles. The van der Waals surface area contributed by atoms with Gasteiger partial charge in [-0.05, 0) is 58.2 Å². The number of nitrogen functional groups attached to an aromatic ring is 1. The Labute approximate surface area is 121 Å². The molecular formula is C15H17BrN2O. The zero-order chi connectivity index (χ0) is 13.7. The number of nitrogens with two attached hydrogens (primary N) is 1. The second-order valence-corrected chi connectivity index (χ2v) is 5.12. The molecule has 19 heavy (non-hydrogen) atoms. The van der Waals surface area contributed by atoms with Gasteiger partial charge in [-0.3, -0.25) is 0 Å². The molecule has 0 atom stereocenters. The number of hydrogen-bond acceptors (Lipinski definition) is 3. The molecule has 2 rings (SSSR count). The summed E-state index contributed by atoms with van der Waals surface area (Å²) in [5, 5.41) is 3.38. The largest absolute Gasteiger partial charge is 0.497 e. The number of halogens is 1. The van der Waals surface area contributed by atoms with Gasteiger partial charge in [0.25, 0.3) is 0 Å². The summed E-state index contributed by atoms with van der Waals surface area (Å²) in [6, 6.07) is 13.9. The standard InChI is InChI=1S/C15H17BrN2O/c1-19-13-5-2-11(3-6-13)8-9-18-15-7-4-12(17)10-14(15)16/h2-7,10,18H,8-9,17H2,1H3. The Morgan fingerprint density at radius 2 is 1.89 bits per heavy atom. The molecule has 100 valence electrons. The van der Waals surface area contributed by atoms with Crippen molar-refractivity contribution < 1.29 is 4.74 Å². The van der Waals surface area contributed by atoms with Gasteiger partial charge >= 0.3 is 0 Å². The van der Waals surface area contributed by atoms with E-state index in [0.29, 0.717) is 0 Å². The topological polar surface area (TPSA) is 47.3 Å². The van der Waals surface area contributed by atoms with E-state index in [4.69, 9.17) is 10.5 Å². The molecule has 0 aliphatic heterocycles. The Bertz CT molecular complexity index is 540. The van der Waals surface area contributed by atoms with E-state index in [1.165, 1.54) is 5.56 Å². The summed E-state index contributed by atoms with van der Waals surface area (Å²) < 4.78 is 6.12. The molecule has 0 unspecified atom stereocenters. The smallest absolute Gasteiger partial charge is 0.118 e. The third kappa shape index (κ3) is 3.89. The fraction of sp³-hybridized carbons (Fsp3) is 0.200. The molecule has 2 aromatic carbocycles. The van der Waals surface area contributed by atoms with Crippen LogP contribution >= 0.6 is 15.9 Å². The van der Waals surface area contributed by atoms with E-state index >= 15 is 0 Å². The van der Waals surface area contributed by atoms with Crippen LogP contribution in [-0.2, 0) is 6.42 Å². The van der Waals surface area contributed by atoms with Gasteiger partial charge in [-0.25, -0.2) is 0 Å². The van der Waals surface area contributed by atoms with Crippen LogP contribution in [-0.4, -0.2) is 13.7 Å². The van der Waals surface area contributed by atoms with Gasteiger partial charge in [0.05, 0.1) is 7.11 Å². The molecule has 3 N–H and O–H groups in total. The molecule has 0 aromatic heterocycles. The van der Waals surface area contributed by atoms with Crippen LogP contribution in [0.3, 0.4) is 0 Å². The monoisotopic (exact) mass is 320 g/mol. The maximum absolute atomic E-state index is 5.70. The average Bonchev–Trinajstić information content (AvgIpc) is 2.42. The first-order valence-electron chi connectivity index (χ1n) is 6.11. The lowest BCUT2D eigenvalue weighted by Gasteiger charge is -2.09. The molecule has 0 amide bonds. The highest BCUT2D eigenvalue weighted by Crippen LogP contribution is 2.24. The van der Waals surface area contributed by atoms with Crippen molar-refractivity contribution in [3.05, 3.63) is 52.5 Å². The summed E-state index contributed by atoms with van der Waals surface area (Å²) in [7, 11) is 1.68. The Balaban J connectivity index is 1.88. The van der Waals surface area contributed by atoms with Crippen LogP contribution in [0.5, 0.6) is 5.75 Å². The lowest BCUT2D eigenvalue weighted by atomic mass is 10.1. The lowest BCUT2D eigenvalue weighted by Crippen LogP contribution is -2.05. The van der Waals surface area contributed by atoms with Crippen molar-refractivity contribution >= 4 is 27.3 Å². The van der Waals surface area contributed by atoms with Gasteiger partial charge in [-0.2, -0.15) is 0 Å². The van der Waals surface area contributed by atoms with Crippen molar-refractivity contribution in [3.8, 4) is 5.75 Å².